The number of nitrogens with zero attached hydrogens (tertiary/aromatic N) is 2. The Balaban J connectivity index is 1.92. The first-order chi connectivity index (χ1) is 9.58. The molecule has 0 amide bonds. The number of thiol groups is 1. The Morgan fingerprint density at radius 1 is 1.30 bits per heavy atom. The molecule has 20 heavy (non-hydrogen) atoms. The zero-order valence-corrected chi connectivity index (χ0v) is 13.0. The van der Waals surface area contributed by atoms with E-state index in [1.165, 1.54) is 0 Å². The summed E-state index contributed by atoms with van der Waals surface area (Å²) < 4.78 is 5.40. The van der Waals surface area contributed by atoms with Crippen molar-refractivity contribution in [1.29, 1.82) is 0 Å². The number of rotatable bonds is 2. The Morgan fingerprint density at radius 2 is 2.10 bits per heavy atom. The van der Waals surface area contributed by atoms with Gasteiger partial charge in [0.2, 0.25) is 5.88 Å². The first-order valence-corrected chi connectivity index (χ1v) is 7.29. The van der Waals surface area contributed by atoms with Crippen molar-refractivity contribution in [2.45, 2.75) is 11.7 Å². The van der Waals surface area contributed by atoms with Crippen molar-refractivity contribution in [2.24, 2.45) is 0 Å². The highest BCUT2D eigenvalue weighted by molar-refractivity contribution is 7.81. The molecule has 106 valence electrons. The molecule has 1 saturated heterocycles. The SMILES string of the molecule is CN1[C@H](S)N(c2ccco2)N[C@H]1c1ccc(Cl)cc1Cl. The molecular weight excluding hydrogens is 317 g/mol. The molecule has 1 aliphatic rings. The van der Waals surface area contributed by atoms with Crippen molar-refractivity contribution in [1.82, 2.24) is 10.3 Å². The lowest BCUT2D eigenvalue weighted by molar-refractivity contribution is 0.286. The van der Waals surface area contributed by atoms with Crippen LogP contribution in [0.4, 0.5) is 5.88 Å². The highest BCUT2D eigenvalue weighted by Gasteiger charge is 2.37. The van der Waals surface area contributed by atoms with Crippen molar-refractivity contribution < 1.29 is 4.42 Å². The van der Waals surface area contributed by atoms with Crippen LogP contribution in [0, 0.1) is 0 Å². The van der Waals surface area contributed by atoms with Crippen LogP contribution in [0.3, 0.4) is 0 Å². The summed E-state index contributed by atoms with van der Waals surface area (Å²) in [6.07, 6.45) is 1.52. The largest absolute Gasteiger partial charge is 0.447 e. The minimum atomic E-state index is -0.169. The molecule has 4 nitrogen and oxygen atoms in total. The number of hydrogen-bond donors (Lipinski definition) is 2. The van der Waals surface area contributed by atoms with Crippen LogP contribution in [0.25, 0.3) is 0 Å². The predicted octanol–water partition coefficient (Wildman–Crippen LogP) is 3.76. The van der Waals surface area contributed by atoms with Crippen LogP contribution in [0.2, 0.25) is 10.0 Å². The molecule has 0 aliphatic carbocycles. The summed E-state index contributed by atoms with van der Waals surface area (Å²) in [4.78, 5) is 2.04. The topological polar surface area (TPSA) is 31.6 Å². The molecule has 1 N–H and O–H groups in total. The average Bonchev–Trinajstić information content (AvgIpc) is 3.01. The van der Waals surface area contributed by atoms with Gasteiger partial charge in [0.15, 0.2) is 0 Å². The van der Waals surface area contributed by atoms with Gasteiger partial charge in [-0.15, -0.1) is 12.6 Å². The number of furan rings is 1. The minimum Gasteiger partial charge on any atom is -0.447 e. The first-order valence-electron chi connectivity index (χ1n) is 6.02. The molecule has 7 heteroatoms. The fourth-order valence-electron chi connectivity index (χ4n) is 2.20. The molecule has 0 unspecified atom stereocenters. The van der Waals surface area contributed by atoms with Crippen molar-refractivity contribution in [2.75, 3.05) is 12.1 Å². The third-order valence-electron chi connectivity index (χ3n) is 3.26. The van der Waals surface area contributed by atoms with Crippen LogP contribution in [0.5, 0.6) is 0 Å². The lowest BCUT2D eigenvalue weighted by Gasteiger charge is -2.21. The van der Waals surface area contributed by atoms with E-state index in [1.807, 2.05) is 41.2 Å². The molecule has 3 rings (SSSR count). The minimum absolute atomic E-state index is 0.104. The summed E-state index contributed by atoms with van der Waals surface area (Å²) in [6.45, 7) is 0. The average molecular weight is 330 g/mol. The second-order valence-corrected chi connectivity index (χ2v) is 5.84. The second-order valence-electron chi connectivity index (χ2n) is 4.53. The summed E-state index contributed by atoms with van der Waals surface area (Å²) in [5.74, 6) is 0.699. The van der Waals surface area contributed by atoms with E-state index in [0.29, 0.717) is 15.9 Å². The van der Waals surface area contributed by atoms with E-state index in [4.69, 9.17) is 27.6 Å². The fraction of sp³-hybridized carbons (Fsp3) is 0.231. The van der Waals surface area contributed by atoms with E-state index in [2.05, 4.69) is 18.1 Å². The lowest BCUT2D eigenvalue weighted by atomic mass is 10.1. The third kappa shape index (κ3) is 2.40. The van der Waals surface area contributed by atoms with E-state index in [9.17, 15) is 0 Å². The summed E-state index contributed by atoms with van der Waals surface area (Å²) in [5, 5.41) is 3.08. The van der Waals surface area contributed by atoms with Crippen LogP contribution >= 0.6 is 35.8 Å². The van der Waals surface area contributed by atoms with Crippen LogP contribution in [0.15, 0.2) is 41.0 Å². The van der Waals surface area contributed by atoms with Gasteiger partial charge in [-0.1, -0.05) is 29.3 Å². The highest BCUT2D eigenvalue weighted by atomic mass is 35.5. The molecule has 1 aromatic carbocycles. The van der Waals surface area contributed by atoms with E-state index in [-0.39, 0.29) is 11.7 Å². The van der Waals surface area contributed by atoms with Gasteiger partial charge in [0.25, 0.3) is 0 Å². The maximum absolute atomic E-state index is 6.28. The molecule has 1 aliphatic heterocycles. The molecule has 0 spiro atoms. The normalized spacial score (nSPS) is 23.5. The van der Waals surface area contributed by atoms with Gasteiger partial charge in [0, 0.05) is 21.7 Å². The monoisotopic (exact) mass is 329 g/mol. The number of nitrogens with one attached hydrogen (secondary N) is 1. The Bertz CT molecular complexity index is 608. The van der Waals surface area contributed by atoms with E-state index >= 15 is 0 Å². The number of halogens is 2. The van der Waals surface area contributed by atoms with Gasteiger partial charge in [0.05, 0.1) is 6.26 Å². The molecule has 1 aromatic heterocycles. The van der Waals surface area contributed by atoms with Crippen LogP contribution < -0.4 is 10.4 Å². The second kappa shape index (κ2) is 5.50. The fourth-order valence-corrected chi connectivity index (χ4v) is 3.03. The standard InChI is InChI=1S/C13H13Cl2N3OS/c1-17-12(9-5-4-8(14)7-10(9)15)16-18(13(17)20)11-3-2-6-19-11/h2-7,12-13,16,20H,1H3/t12-,13+/m1/s1. The Morgan fingerprint density at radius 3 is 2.75 bits per heavy atom. The van der Waals surface area contributed by atoms with Crippen molar-refractivity contribution in [3.8, 4) is 0 Å². The van der Waals surface area contributed by atoms with Gasteiger partial charge in [-0.3, -0.25) is 4.90 Å². The zero-order valence-electron chi connectivity index (χ0n) is 10.6. The summed E-state index contributed by atoms with van der Waals surface area (Å²) in [6, 6.07) is 9.17. The van der Waals surface area contributed by atoms with Crippen molar-refractivity contribution in [3.63, 3.8) is 0 Å². The molecule has 2 atom stereocenters. The van der Waals surface area contributed by atoms with Crippen LogP contribution in [-0.4, -0.2) is 17.4 Å². The highest BCUT2D eigenvalue weighted by Crippen LogP contribution is 2.35. The van der Waals surface area contributed by atoms with Crippen LogP contribution in [0.1, 0.15) is 11.7 Å². The summed E-state index contributed by atoms with van der Waals surface area (Å²) >= 11 is 16.8. The molecule has 1 fully saturated rings. The van der Waals surface area contributed by atoms with E-state index in [1.54, 1.807) is 12.3 Å². The molecule has 0 radical (unpaired) electrons. The maximum atomic E-state index is 6.28. The predicted molar refractivity (Wildman–Crippen MR) is 84.1 cm³/mol. The van der Waals surface area contributed by atoms with Gasteiger partial charge >= 0.3 is 0 Å². The zero-order chi connectivity index (χ0) is 14.3. The lowest BCUT2D eigenvalue weighted by Crippen LogP contribution is -2.36. The smallest absolute Gasteiger partial charge is 0.211 e. The Kier molecular flexibility index (Phi) is 3.88. The number of anilines is 1. The van der Waals surface area contributed by atoms with E-state index in [0.717, 1.165) is 5.56 Å². The van der Waals surface area contributed by atoms with Crippen LogP contribution in [-0.2, 0) is 0 Å². The quantitative estimate of drug-likeness (QED) is 0.821. The third-order valence-corrected chi connectivity index (χ3v) is 4.42. The van der Waals surface area contributed by atoms with Gasteiger partial charge < -0.3 is 4.42 Å². The van der Waals surface area contributed by atoms with Gasteiger partial charge in [-0.2, -0.15) is 0 Å². The molecule has 0 saturated carbocycles. The molecule has 2 heterocycles. The van der Waals surface area contributed by atoms with Crippen molar-refractivity contribution >= 4 is 41.7 Å². The molecule has 2 aromatic rings. The van der Waals surface area contributed by atoms with Gasteiger partial charge in [-0.05, 0) is 25.2 Å². The molecular formula is C13H13Cl2N3OS. The maximum Gasteiger partial charge on any atom is 0.211 e. The Labute approximate surface area is 132 Å². The number of hydrazine groups is 1. The first kappa shape index (κ1) is 14.1. The van der Waals surface area contributed by atoms with Crippen molar-refractivity contribution in [3.05, 3.63) is 52.2 Å². The summed E-state index contributed by atoms with van der Waals surface area (Å²) in [5.41, 5.74) is 4.10. The number of hydrogen-bond acceptors (Lipinski definition) is 5. The Hall–Kier alpha value is -0.850. The summed E-state index contributed by atoms with van der Waals surface area (Å²) in [7, 11) is 1.96. The number of benzene rings is 1. The van der Waals surface area contributed by atoms with Gasteiger partial charge in [0.1, 0.15) is 11.7 Å². The van der Waals surface area contributed by atoms with E-state index < -0.39 is 0 Å². The molecule has 0 bridgehead atoms. The van der Waals surface area contributed by atoms with Gasteiger partial charge in [-0.25, -0.2) is 10.4 Å².